The maximum absolute atomic E-state index is 6.06. The topological polar surface area (TPSA) is 109 Å². The summed E-state index contributed by atoms with van der Waals surface area (Å²) < 4.78 is 14.5. The average molecular weight is 380 g/mol. The molecule has 0 aromatic carbocycles. The van der Waals surface area contributed by atoms with Gasteiger partial charge in [0.2, 0.25) is 11.7 Å². The van der Waals surface area contributed by atoms with Crippen LogP contribution < -0.4 is 4.74 Å². The number of aromatic nitrogens is 8. The first-order valence-corrected chi connectivity index (χ1v) is 9.20. The van der Waals surface area contributed by atoms with Crippen molar-refractivity contribution in [3.63, 3.8) is 0 Å². The zero-order valence-corrected chi connectivity index (χ0v) is 16.0. The van der Waals surface area contributed by atoms with E-state index in [9.17, 15) is 0 Å². The Bertz CT molecular complexity index is 1150. The van der Waals surface area contributed by atoms with Crippen LogP contribution in [0.4, 0.5) is 0 Å². The van der Waals surface area contributed by atoms with Crippen molar-refractivity contribution >= 4 is 5.65 Å². The minimum Gasteiger partial charge on any atom is -0.468 e. The molecule has 5 rings (SSSR count). The van der Waals surface area contributed by atoms with E-state index in [4.69, 9.17) is 14.4 Å². The Morgan fingerprint density at radius 3 is 2.71 bits per heavy atom. The SMILES string of the molecule is Cc1cc(-c2nnc3cc(C4(C)CCC4)c(OCc4ncn(C)n4)nn23)no1. The smallest absolute Gasteiger partial charge is 0.236 e. The zero-order chi connectivity index (χ0) is 19.3. The molecular formula is C18H20N8O2. The normalized spacial score (nSPS) is 15.7. The molecule has 0 bridgehead atoms. The lowest BCUT2D eigenvalue weighted by atomic mass is 9.66. The first kappa shape index (κ1) is 16.8. The van der Waals surface area contributed by atoms with Gasteiger partial charge in [0.25, 0.3) is 0 Å². The monoisotopic (exact) mass is 380 g/mol. The van der Waals surface area contributed by atoms with E-state index in [1.807, 2.05) is 20.0 Å². The van der Waals surface area contributed by atoms with Crippen molar-refractivity contribution in [1.29, 1.82) is 0 Å². The van der Waals surface area contributed by atoms with Crippen LogP contribution >= 0.6 is 0 Å². The number of hydrogen-bond donors (Lipinski definition) is 0. The predicted octanol–water partition coefficient (Wildman–Crippen LogP) is 2.24. The molecule has 1 fully saturated rings. The molecule has 0 amide bonds. The van der Waals surface area contributed by atoms with Crippen molar-refractivity contribution in [3.8, 4) is 17.4 Å². The third kappa shape index (κ3) is 2.72. The molecule has 10 heteroatoms. The third-order valence-electron chi connectivity index (χ3n) is 5.31. The summed E-state index contributed by atoms with van der Waals surface area (Å²) in [6, 6.07) is 3.81. The highest BCUT2D eigenvalue weighted by molar-refractivity contribution is 5.56. The van der Waals surface area contributed by atoms with Gasteiger partial charge in [-0.05, 0) is 31.2 Å². The summed E-state index contributed by atoms with van der Waals surface area (Å²) in [5.41, 5.74) is 2.30. The molecule has 1 aliphatic carbocycles. The number of aryl methyl sites for hydroxylation is 2. The number of ether oxygens (including phenoxy) is 1. The molecule has 4 aromatic rings. The van der Waals surface area contributed by atoms with Gasteiger partial charge in [-0.3, -0.25) is 4.68 Å². The lowest BCUT2D eigenvalue weighted by molar-refractivity contribution is 0.233. The minimum atomic E-state index is 0.0260. The van der Waals surface area contributed by atoms with Gasteiger partial charge in [-0.1, -0.05) is 18.5 Å². The fourth-order valence-electron chi connectivity index (χ4n) is 3.55. The highest BCUT2D eigenvalue weighted by Gasteiger charge is 2.37. The molecule has 0 unspecified atom stereocenters. The summed E-state index contributed by atoms with van der Waals surface area (Å²) in [6.45, 7) is 4.30. The van der Waals surface area contributed by atoms with E-state index in [0.29, 0.717) is 34.6 Å². The standard InChI is InChI=1S/C18H20N8O2/c1-11-7-13(24-28-11)16-21-20-15-8-12(18(2)5-4-6-18)17(23-26(15)16)27-9-14-19-10-25(3)22-14/h7-8,10H,4-6,9H2,1-3H3. The molecule has 0 atom stereocenters. The summed E-state index contributed by atoms with van der Waals surface area (Å²) in [4.78, 5) is 4.22. The second kappa shape index (κ2) is 6.11. The van der Waals surface area contributed by atoms with E-state index >= 15 is 0 Å². The second-order valence-corrected chi connectivity index (χ2v) is 7.52. The fourth-order valence-corrected chi connectivity index (χ4v) is 3.55. The van der Waals surface area contributed by atoms with Crippen LogP contribution in [0.5, 0.6) is 5.88 Å². The quantitative estimate of drug-likeness (QED) is 0.518. The maximum Gasteiger partial charge on any atom is 0.236 e. The van der Waals surface area contributed by atoms with Crippen LogP contribution in [0.15, 0.2) is 23.0 Å². The Kier molecular flexibility index (Phi) is 3.68. The summed E-state index contributed by atoms with van der Waals surface area (Å²) in [7, 11) is 1.82. The molecule has 144 valence electrons. The van der Waals surface area contributed by atoms with Crippen molar-refractivity contribution in [2.45, 2.75) is 45.1 Å². The van der Waals surface area contributed by atoms with Gasteiger partial charge < -0.3 is 9.26 Å². The van der Waals surface area contributed by atoms with E-state index in [0.717, 1.165) is 18.4 Å². The van der Waals surface area contributed by atoms with E-state index in [2.05, 4.69) is 32.4 Å². The summed E-state index contributed by atoms with van der Waals surface area (Å²) in [5, 5.41) is 21.6. The van der Waals surface area contributed by atoms with Gasteiger partial charge in [0.1, 0.15) is 12.1 Å². The molecule has 0 saturated heterocycles. The van der Waals surface area contributed by atoms with Crippen LogP contribution in [0.25, 0.3) is 17.2 Å². The van der Waals surface area contributed by atoms with Crippen molar-refractivity contribution in [1.82, 2.24) is 39.7 Å². The van der Waals surface area contributed by atoms with E-state index in [-0.39, 0.29) is 12.0 Å². The largest absolute Gasteiger partial charge is 0.468 e. The lowest BCUT2D eigenvalue weighted by Gasteiger charge is -2.39. The van der Waals surface area contributed by atoms with Crippen LogP contribution in [-0.4, -0.2) is 39.7 Å². The molecule has 0 spiro atoms. The van der Waals surface area contributed by atoms with Crippen molar-refractivity contribution in [2.24, 2.45) is 7.05 Å². The molecule has 0 N–H and O–H groups in total. The van der Waals surface area contributed by atoms with Gasteiger partial charge in [0.15, 0.2) is 23.8 Å². The van der Waals surface area contributed by atoms with E-state index in [1.165, 1.54) is 6.42 Å². The van der Waals surface area contributed by atoms with E-state index < -0.39 is 0 Å². The number of hydrogen-bond acceptors (Lipinski definition) is 8. The van der Waals surface area contributed by atoms with Crippen LogP contribution in [-0.2, 0) is 19.1 Å². The van der Waals surface area contributed by atoms with Gasteiger partial charge in [-0.15, -0.1) is 15.3 Å². The van der Waals surface area contributed by atoms with Gasteiger partial charge in [0, 0.05) is 18.7 Å². The second-order valence-electron chi connectivity index (χ2n) is 7.52. The first-order valence-electron chi connectivity index (χ1n) is 9.20. The number of rotatable bonds is 5. The third-order valence-corrected chi connectivity index (χ3v) is 5.31. The van der Waals surface area contributed by atoms with Gasteiger partial charge in [-0.2, -0.15) is 9.61 Å². The van der Waals surface area contributed by atoms with Crippen molar-refractivity contribution in [3.05, 3.63) is 35.6 Å². The Labute approximate surface area is 160 Å². The van der Waals surface area contributed by atoms with Gasteiger partial charge in [-0.25, -0.2) is 4.98 Å². The number of nitrogens with zero attached hydrogens (tertiary/aromatic N) is 8. The molecule has 4 aromatic heterocycles. The maximum atomic E-state index is 6.06. The molecule has 1 saturated carbocycles. The molecule has 1 aliphatic rings. The molecular weight excluding hydrogens is 360 g/mol. The first-order chi connectivity index (χ1) is 13.5. The molecule has 28 heavy (non-hydrogen) atoms. The van der Waals surface area contributed by atoms with Crippen LogP contribution in [0.2, 0.25) is 0 Å². The number of fused-ring (bicyclic) bond motifs is 1. The van der Waals surface area contributed by atoms with Gasteiger partial charge >= 0.3 is 0 Å². The Balaban J connectivity index is 1.58. The molecule has 10 nitrogen and oxygen atoms in total. The Morgan fingerprint density at radius 1 is 1.21 bits per heavy atom. The molecule has 4 heterocycles. The zero-order valence-electron chi connectivity index (χ0n) is 16.0. The highest BCUT2D eigenvalue weighted by atomic mass is 16.5. The van der Waals surface area contributed by atoms with Gasteiger partial charge in [0.05, 0.1) is 0 Å². The highest BCUT2D eigenvalue weighted by Crippen LogP contribution is 2.46. The molecule has 0 aliphatic heterocycles. The predicted molar refractivity (Wildman–Crippen MR) is 97.6 cm³/mol. The summed E-state index contributed by atoms with van der Waals surface area (Å²) in [6.07, 6.45) is 5.02. The van der Waals surface area contributed by atoms with E-state index in [1.54, 1.807) is 21.6 Å². The van der Waals surface area contributed by atoms with Crippen LogP contribution in [0.1, 0.15) is 43.3 Å². The molecule has 0 radical (unpaired) electrons. The summed E-state index contributed by atoms with van der Waals surface area (Å²) >= 11 is 0. The summed E-state index contributed by atoms with van der Waals surface area (Å²) in [5.74, 6) is 2.36. The van der Waals surface area contributed by atoms with Crippen molar-refractivity contribution in [2.75, 3.05) is 0 Å². The fraction of sp³-hybridized carbons (Fsp3) is 0.444. The lowest BCUT2D eigenvalue weighted by Crippen LogP contribution is -2.31. The minimum absolute atomic E-state index is 0.0260. The van der Waals surface area contributed by atoms with Crippen molar-refractivity contribution < 1.29 is 9.26 Å². The Hall–Kier alpha value is -3.30. The average Bonchev–Trinajstić information content (AvgIpc) is 3.36. The van der Waals surface area contributed by atoms with Crippen LogP contribution in [0.3, 0.4) is 0 Å². The Morgan fingerprint density at radius 2 is 2.07 bits per heavy atom. The van der Waals surface area contributed by atoms with Crippen LogP contribution in [0, 0.1) is 6.92 Å².